The van der Waals surface area contributed by atoms with Gasteiger partial charge in [0.05, 0.1) is 6.54 Å². The SMILES string of the molecule is CC(C)C(NCC(F)(F)c1ccccc1)c1cccs1. The Kier molecular flexibility index (Phi) is 4.89. The van der Waals surface area contributed by atoms with Crippen molar-refractivity contribution in [1.82, 2.24) is 5.32 Å². The topological polar surface area (TPSA) is 12.0 Å². The van der Waals surface area contributed by atoms with Crippen molar-refractivity contribution in [1.29, 1.82) is 0 Å². The van der Waals surface area contributed by atoms with E-state index in [1.807, 2.05) is 31.4 Å². The van der Waals surface area contributed by atoms with Gasteiger partial charge in [-0.3, -0.25) is 0 Å². The van der Waals surface area contributed by atoms with Crippen LogP contribution in [0.25, 0.3) is 0 Å². The number of nitrogens with one attached hydrogen (secondary N) is 1. The van der Waals surface area contributed by atoms with E-state index in [2.05, 4.69) is 5.32 Å². The van der Waals surface area contributed by atoms with Gasteiger partial charge in [0, 0.05) is 16.5 Å². The molecule has 1 heterocycles. The zero-order valence-corrected chi connectivity index (χ0v) is 12.5. The second kappa shape index (κ2) is 6.46. The summed E-state index contributed by atoms with van der Waals surface area (Å²) in [5.41, 5.74) is 0.0567. The molecule has 0 saturated carbocycles. The molecule has 0 aliphatic rings. The summed E-state index contributed by atoms with van der Waals surface area (Å²) in [7, 11) is 0. The average Bonchev–Trinajstić information content (AvgIpc) is 2.93. The van der Waals surface area contributed by atoms with Gasteiger partial charge in [0.25, 0.3) is 5.92 Å². The van der Waals surface area contributed by atoms with Gasteiger partial charge in [-0.1, -0.05) is 50.2 Å². The van der Waals surface area contributed by atoms with E-state index in [1.54, 1.807) is 29.5 Å². The van der Waals surface area contributed by atoms with Gasteiger partial charge < -0.3 is 5.32 Å². The van der Waals surface area contributed by atoms with Crippen molar-refractivity contribution < 1.29 is 8.78 Å². The number of benzene rings is 1. The highest BCUT2D eigenvalue weighted by atomic mass is 32.1. The molecular weight excluding hydrogens is 276 g/mol. The fourth-order valence-corrected chi connectivity index (χ4v) is 3.13. The van der Waals surface area contributed by atoms with Gasteiger partial charge in [-0.05, 0) is 17.4 Å². The normalized spacial score (nSPS) is 13.7. The lowest BCUT2D eigenvalue weighted by Gasteiger charge is -2.25. The van der Waals surface area contributed by atoms with Crippen molar-refractivity contribution in [2.75, 3.05) is 6.54 Å². The number of rotatable bonds is 6. The molecule has 0 fully saturated rings. The minimum absolute atomic E-state index is 0.0374. The summed E-state index contributed by atoms with van der Waals surface area (Å²) in [4.78, 5) is 1.10. The zero-order chi connectivity index (χ0) is 14.6. The largest absolute Gasteiger partial charge is 0.303 e. The Labute approximate surface area is 122 Å². The maximum absolute atomic E-state index is 14.2. The van der Waals surface area contributed by atoms with Gasteiger partial charge in [0.1, 0.15) is 0 Å². The van der Waals surface area contributed by atoms with Crippen LogP contribution in [-0.4, -0.2) is 6.54 Å². The second-order valence-corrected chi connectivity index (χ2v) is 6.17. The molecule has 0 saturated heterocycles. The van der Waals surface area contributed by atoms with E-state index < -0.39 is 5.92 Å². The van der Waals surface area contributed by atoms with Gasteiger partial charge in [0.15, 0.2) is 0 Å². The molecule has 1 unspecified atom stereocenters. The summed E-state index contributed by atoms with van der Waals surface area (Å²) in [6.07, 6.45) is 0. The Balaban J connectivity index is 2.06. The van der Waals surface area contributed by atoms with Crippen molar-refractivity contribution in [2.45, 2.75) is 25.8 Å². The first-order valence-electron chi connectivity index (χ1n) is 6.71. The summed E-state index contributed by atoms with van der Waals surface area (Å²) >= 11 is 1.60. The average molecular weight is 295 g/mol. The predicted molar refractivity (Wildman–Crippen MR) is 80.2 cm³/mol. The molecule has 0 spiro atoms. The molecule has 108 valence electrons. The first-order chi connectivity index (χ1) is 9.50. The quantitative estimate of drug-likeness (QED) is 0.805. The number of hydrogen-bond acceptors (Lipinski definition) is 2. The molecule has 0 aliphatic heterocycles. The van der Waals surface area contributed by atoms with Crippen molar-refractivity contribution in [3.8, 4) is 0 Å². The smallest absolute Gasteiger partial charge is 0.285 e. The first-order valence-corrected chi connectivity index (χ1v) is 7.59. The molecule has 1 aromatic carbocycles. The zero-order valence-electron chi connectivity index (χ0n) is 11.6. The molecule has 1 aromatic heterocycles. The van der Waals surface area contributed by atoms with E-state index >= 15 is 0 Å². The fourth-order valence-electron chi connectivity index (χ4n) is 2.16. The van der Waals surface area contributed by atoms with Crippen LogP contribution >= 0.6 is 11.3 Å². The monoisotopic (exact) mass is 295 g/mol. The molecule has 1 N–H and O–H groups in total. The highest BCUT2D eigenvalue weighted by molar-refractivity contribution is 7.10. The first kappa shape index (κ1) is 15.1. The van der Waals surface area contributed by atoms with E-state index in [9.17, 15) is 8.78 Å². The molecule has 1 atom stereocenters. The lowest BCUT2D eigenvalue weighted by Crippen LogP contribution is -2.35. The van der Waals surface area contributed by atoms with Gasteiger partial charge >= 0.3 is 0 Å². The van der Waals surface area contributed by atoms with Crippen LogP contribution in [0.4, 0.5) is 8.78 Å². The maximum atomic E-state index is 14.2. The van der Waals surface area contributed by atoms with E-state index in [-0.39, 0.29) is 24.1 Å². The Morgan fingerprint density at radius 3 is 2.35 bits per heavy atom. The second-order valence-electron chi connectivity index (χ2n) is 5.19. The Hall–Kier alpha value is -1.26. The van der Waals surface area contributed by atoms with Gasteiger partial charge in [-0.25, -0.2) is 0 Å². The third-order valence-corrected chi connectivity index (χ3v) is 4.21. The molecule has 0 aliphatic carbocycles. The van der Waals surface area contributed by atoms with Crippen molar-refractivity contribution in [2.24, 2.45) is 5.92 Å². The summed E-state index contributed by atoms with van der Waals surface area (Å²) in [5.74, 6) is -2.59. The molecule has 0 amide bonds. The van der Waals surface area contributed by atoms with Crippen LogP contribution in [0.1, 0.15) is 30.3 Å². The van der Waals surface area contributed by atoms with Crippen molar-refractivity contribution in [3.05, 3.63) is 58.3 Å². The molecule has 1 nitrogen and oxygen atoms in total. The van der Waals surface area contributed by atoms with E-state index in [1.165, 1.54) is 12.1 Å². The molecular formula is C16H19F2NS. The molecule has 0 radical (unpaired) electrons. The van der Waals surface area contributed by atoms with E-state index in [4.69, 9.17) is 0 Å². The molecule has 0 bridgehead atoms. The maximum Gasteiger partial charge on any atom is 0.285 e. The lowest BCUT2D eigenvalue weighted by atomic mass is 10.0. The summed E-state index contributed by atoms with van der Waals surface area (Å²) in [6, 6.07) is 11.9. The third kappa shape index (κ3) is 3.64. The van der Waals surface area contributed by atoms with Crippen LogP contribution in [0.2, 0.25) is 0 Å². The van der Waals surface area contributed by atoms with Crippen molar-refractivity contribution >= 4 is 11.3 Å². The third-order valence-electron chi connectivity index (χ3n) is 3.26. The summed E-state index contributed by atoms with van der Waals surface area (Å²) in [5, 5.41) is 4.99. The summed E-state index contributed by atoms with van der Waals surface area (Å²) in [6.45, 7) is 3.73. The van der Waals surface area contributed by atoms with Crippen LogP contribution in [0.15, 0.2) is 47.8 Å². The predicted octanol–water partition coefficient (Wildman–Crippen LogP) is 4.83. The number of thiophene rings is 1. The van der Waals surface area contributed by atoms with E-state index in [0.29, 0.717) is 0 Å². The highest BCUT2D eigenvalue weighted by Gasteiger charge is 2.32. The Bertz CT molecular complexity index is 509. The Morgan fingerprint density at radius 1 is 1.10 bits per heavy atom. The molecule has 20 heavy (non-hydrogen) atoms. The summed E-state index contributed by atoms with van der Waals surface area (Å²) < 4.78 is 28.3. The molecule has 4 heteroatoms. The van der Waals surface area contributed by atoms with Crippen LogP contribution in [0, 0.1) is 5.92 Å². The molecule has 2 aromatic rings. The molecule has 2 rings (SSSR count). The minimum Gasteiger partial charge on any atom is -0.303 e. The highest BCUT2D eigenvalue weighted by Crippen LogP contribution is 2.30. The van der Waals surface area contributed by atoms with Gasteiger partial charge in [-0.2, -0.15) is 8.78 Å². The fraction of sp³-hybridized carbons (Fsp3) is 0.375. The standard InChI is InChI=1S/C16H19F2NS/c1-12(2)15(14-9-6-10-20-14)19-11-16(17,18)13-7-4-3-5-8-13/h3-10,12,15,19H,11H2,1-2H3. The van der Waals surface area contributed by atoms with Gasteiger partial charge in [0.2, 0.25) is 0 Å². The van der Waals surface area contributed by atoms with Gasteiger partial charge in [-0.15, -0.1) is 11.3 Å². The van der Waals surface area contributed by atoms with Crippen LogP contribution in [0.3, 0.4) is 0 Å². The Morgan fingerprint density at radius 2 is 1.80 bits per heavy atom. The van der Waals surface area contributed by atoms with Crippen molar-refractivity contribution in [3.63, 3.8) is 0 Å². The van der Waals surface area contributed by atoms with E-state index in [0.717, 1.165) is 4.88 Å². The number of hydrogen-bond donors (Lipinski definition) is 1. The lowest BCUT2D eigenvalue weighted by molar-refractivity contribution is -0.00704. The minimum atomic E-state index is -2.86. The van der Waals surface area contributed by atoms with Crippen LogP contribution < -0.4 is 5.32 Å². The number of halogens is 2. The number of alkyl halides is 2. The van der Waals surface area contributed by atoms with Crippen LogP contribution in [0.5, 0.6) is 0 Å². The van der Waals surface area contributed by atoms with Crippen LogP contribution in [-0.2, 0) is 5.92 Å².